The quantitative estimate of drug-likeness (QED) is 0.343. The molecule has 1 aliphatic heterocycles. The van der Waals surface area contributed by atoms with Crippen molar-refractivity contribution in [2.45, 2.75) is 83.5 Å². The van der Waals surface area contributed by atoms with Gasteiger partial charge in [-0.2, -0.15) is 0 Å². The second-order valence-corrected chi connectivity index (χ2v) is 12.1. The van der Waals surface area contributed by atoms with Crippen LogP contribution in [0.3, 0.4) is 0 Å². The average molecular weight is 273 g/mol. The predicted octanol–water partition coefficient (Wildman–Crippen LogP) is 4.75. The van der Waals surface area contributed by atoms with Crippen molar-refractivity contribution in [2.24, 2.45) is 0 Å². The molecule has 1 fully saturated rings. The Balaban J connectivity index is 2.38. The van der Waals surface area contributed by atoms with Gasteiger partial charge >= 0.3 is 0 Å². The van der Waals surface area contributed by atoms with Crippen molar-refractivity contribution in [1.29, 1.82) is 0 Å². The van der Waals surface area contributed by atoms with Crippen molar-refractivity contribution < 1.29 is 9.16 Å². The third kappa shape index (κ3) is 4.07. The Bertz CT molecular complexity index is 213. The molecule has 1 unspecified atom stereocenters. The SMILES string of the molecule is CC(C)[Si](OCCCCC1CO1)(C(C)C)C(C)C. The fraction of sp³-hybridized carbons (Fsp3) is 1.00. The van der Waals surface area contributed by atoms with Gasteiger partial charge < -0.3 is 9.16 Å². The fourth-order valence-corrected chi connectivity index (χ4v) is 8.96. The van der Waals surface area contributed by atoms with E-state index in [2.05, 4.69) is 41.5 Å². The van der Waals surface area contributed by atoms with Crippen molar-refractivity contribution in [3.8, 4) is 0 Å². The van der Waals surface area contributed by atoms with Gasteiger partial charge in [-0.05, 0) is 35.9 Å². The van der Waals surface area contributed by atoms with Crippen LogP contribution < -0.4 is 0 Å². The van der Waals surface area contributed by atoms with Crippen molar-refractivity contribution in [2.75, 3.05) is 13.2 Å². The first-order valence-electron chi connectivity index (χ1n) is 7.66. The molecule has 1 heterocycles. The van der Waals surface area contributed by atoms with E-state index in [1.54, 1.807) is 0 Å². The predicted molar refractivity (Wildman–Crippen MR) is 80.6 cm³/mol. The van der Waals surface area contributed by atoms with E-state index in [0.29, 0.717) is 22.7 Å². The molecule has 0 bridgehead atoms. The maximum Gasteiger partial charge on any atom is 0.200 e. The Labute approximate surface area is 115 Å². The second-order valence-electron chi connectivity index (χ2n) is 6.62. The molecule has 1 rings (SSSR count). The van der Waals surface area contributed by atoms with Crippen molar-refractivity contribution in [3.63, 3.8) is 0 Å². The fourth-order valence-electron chi connectivity index (χ4n) is 3.46. The number of epoxide rings is 1. The van der Waals surface area contributed by atoms with Gasteiger partial charge in [0.1, 0.15) is 0 Å². The molecule has 2 nitrogen and oxygen atoms in total. The largest absolute Gasteiger partial charge is 0.416 e. The zero-order valence-corrected chi connectivity index (χ0v) is 14.2. The summed E-state index contributed by atoms with van der Waals surface area (Å²) in [5, 5.41) is 0. The average Bonchev–Trinajstić information content (AvgIpc) is 3.05. The van der Waals surface area contributed by atoms with Crippen molar-refractivity contribution in [1.82, 2.24) is 0 Å². The third-order valence-electron chi connectivity index (χ3n) is 4.38. The lowest BCUT2D eigenvalue weighted by Gasteiger charge is -2.42. The molecule has 0 amide bonds. The van der Waals surface area contributed by atoms with Crippen LogP contribution in [0.2, 0.25) is 16.6 Å². The van der Waals surface area contributed by atoms with E-state index < -0.39 is 8.32 Å². The van der Waals surface area contributed by atoms with E-state index in [1.165, 1.54) is 19.3 Å². The molecule has 108 valence electrons. The second kappa shape index (κ2) is 7.06. The highest BCUT2D eigenvalue weighted by Gasteiger charge is 2.44. The van der Waals surface area contributed by atoms with E-state index in [9.17, 15) is 0 Å². The van der Waals surface area contributed by atoms with Crippen molar-refractivity contribution in [3.05, 3.63) is 0 Å². The van der Waals surface area contributed by atoms with E-state index in [4.69, 9.17) is 9.16 Å². The first kappa shape index (κ1) is 16.2. The van der Waals surface area contributed by atoms with Crippen LogP contribution >= 0.6 is 0 Å². The lowest BCUT2D eigenvalue weighted by molar-refractivity contribution is 0.265. The number of rotatable bonds is 9. The third-order valence-corrected chi connectivity index (χ3v) is 10.5. The van der Waals surface area contributed by atoms with Gasteiger partial charge in [0.15, 0.2) is 8.32 Å². The van der Waals surface area contributed by atoms with Gasteiger partial charge in [-0.15, -0.1) is 0 Å². The summed E-state index contributed by atoms with van der Waals surface area (Å²) in [5.74, 6) is 0. The first-order valence-corrected chi connectivity index (χ1v) is 9.80. The summed E-state index contributed by atoms with van der Waals surface area (Å²) in [6.45, 7) is 16.1. The van der Waals surface area contributed by atoms with E-state index in [-0.39, 0.29) is 0 Å². The molecule has 0 radical (unpaired) electrons. The van der Waals surface area contributed by atoms with Crippen LogP contribution in [0.25, 0.3) is 0 Å². The van der Waals surface area contributed by atoms with E-state index in [0.717, 1.165) is 13.2 Å². The highest BCUT2D eigenvalue weighted by Crippen LogP contribution is 2.42. The Kier molecular flexibility index (Phi) is 6.35. The first-order chi connectivity index (χ1) is 8.41. The molecule has 18 heavy (non-hydrogen) atoms. The molecule has 0 N–H and O–H groups in total. The summed E-state index contributed by atoms with van der Waals surface area (Å²) < 4.78 is 11.8. The molecule has 0 saturated carbocycles. The van der Waals surface area contributed by atoms with Crippen LogP contribution in [-0.4, -0.2) is 27.6 Å². The zero-order valence-electron chi connectivity index (χ0n) is 13.2. The minimum atomic E-state index is -1.62. The van der Waals surface area contributed by atoms with Gasteiger partial charge in [-0.1, -0.05) is 41.5 Å². The monoisotopic (exact) mass is 272 g/mol. The van der Waals surface area contributed by atoms with Crippen LogP contribution in [-0.2, 0) is 9.16 Å². The van der Waals surface area contributed by atoms with E-state index in [1.807, 2.05) is 0 Å². The van der Waals surface area contributed by atoms with Crippen LogP contribution in [0, 0.1) is 0 Å². The number of ether oxygens (including phenoxy) is 1. The Hall–Kier alpha value is 0.137. The Morgan fingerprint density at radius 3 is 1.89 bits per heavy atom. The highest BCUT2D eigenvalue weighted by atomic mass is 28.4. The normalized spacial score (nSPS) is 20.2. The van der Waals surface area contributed by atoms with Crippen molar-refractivity contribution >= 4 is 8.32 Å². The van der Waals surface area contributed by atoms with Gasteiger partial charge in [0, 0.05) is 6.61 Å². The smallest absolute Gasteiger partial charge is 0.200 e. The summed E-state index contributed by atoms with van der Waals surface area (Å²) in [5.41, 5.74) is 2.10. The lowest BCUT2D eigenvalue weighted by Crippen LogP contribution is -2.47. The maximum atomic E-state index is 6.51. The molecule has 0 aromatic heterocycles. The molecule has 1 aliphatic rings. The molecule has 1 saturated heterocycles. The molecule has 0 spiro atoms. The zero-order chi connectivity index (χ0) is 13.8. The standard InChI is InChI=1S/C15H32O2Si/c1-12(2)18(13(3)4,14(5)6)17-10-8-7-9-15-11-16-15/h12-15H,7-11H2,1-6H3. The van der Waals surface area contributed by atoms with Gasteiger partial charge in [-0.25, -0.2) is 0 Å². The molecular weight excluding hydrogens is 240 g/mol. The maximum absolute atomic E-state index is 6.51. The van der Waals surface area contributed by atoms with Crippen LogP contribution in [0.5, 0.6) is 0 Å². The number of hydrogen-bond acceptors (Lipinski definition) is 2. The minimum absolute atomic E-state index is 0.576. The Morgan fingerprint density at radius 1 is 1.00 bits per heavy atom. The molecule has 0 aromatic carbocycles. The van der Waals surface area contributed by atoms with Gasteiger partial charge in [0.25, 0.3) is 0 Å². The topological polar surface area (TPSA) is 21.8 Å². The summed E-state index contributed by atoms with van der Waals surface area (Å²) in [6, 6.07) is 0. The molecule has 3 heteroatoms. The van der Waals surface area contributed by atoms with Crippen LogP contribution in [0.1, 0.15) is 60.8 Å². The van der Waals surface area contributed by atoms with Gasteiger partial charge in [-0.3, -0.25) is 0 Å². The van der Waals surface area contributed by atoms with E-state index >= 15 is 0 Å². The molecule has 0 aliphatic carbocycles. The Morgan fingerprint density at radius 2 is 1.50 bits per heavy atom. The minimum Gasteiger partial charge on any atom is -0.416 e. The highest BCUT2D eigenvalue weighted by molar-refractivity contribution is 6.77. The molecule has 0 aromatic rings. The van der Waals surface area contributed by atoms with Gasteiger partial charge in [0.05, 0.1) is 12.7 Å². The number of hydrogen-bond donors (Lipinski definition) is 0. The lowest BCUT2D eigenvalue weighted by atomic mass is 10.2. The van der Waals surface area contributed by atoms with Crippen LogP contribution in [0.15, 0.2) is 0 Å². The molecule has 1 atom stereocenters. The van der Waals surface area contributed by atoms with Gasteiger partial charge in [0.2, 0.25) is 0 Å². The van der Waals surface area contributed by atoms with Crippen LogP contribution in [0.4, 0.5) is 0 Å². The summed E-state index contributed by atoms with van der Waals surface area (Å²) in [6.07, 6.45) is 4.25. The number of unbranched alkanes of at least 4 members (excludes halogenated alkanes) is 1. The molecular formula is C15H32O2Si. The summed E-state index contributed by atoms with van der Waals surface area (Å²) in [7, 11) is -1.62. The summed E-state index contributed by atoms with van der Waals surface area (Å²) in [4.78, 5) is 0. The summed E-state index contributed by atoms with van der Waals surface area (Å²) >= 11 is 0.